The molecule has 0 aliphatic heterocycles. The summed E-state index contributed by atoms with van der Waals surface area (Å²) in [7, 11) is 0. The maximum atomic E-state index is 12.4. The molecule has 0 aliphatic rings. The molecule has 0 unspecified atom stereocenters. The smallest absolute Gasteiger partial charge is 0.326 e. The molecular weight excluding hydrogens is 458 g/mol. The number of aliphatic carboxylic acids is 2. The van der Waals surface area contributed by atoms with Crippen LogP contribution in [-0.4, -0.2) is 61.5 Å². The Morgan fingerprint density at radius 3 is 2.40 bits per heavy atom. The fraction of sp³-hybridized carbons (Fsp3) is 0.273. The maximum absolute atomic E-state index is 12.4. The first-order chi connectivity index (χ1) is 16.6. The molecule has 3 rings (SSSR count). The van der Waals surface area contributed by atoms with Gasteiger partial charge in [0.15, 0.2) is 0 Å². The summed E-state index contributed by atoms with van der Waals surface area (Å²) in [6.45, 7) is 1.71. The standard InChI is InChI=1S/C22H25N7O6/c1-11(30)29(9-8-13-10-25-19-17(13)18(23)27-22(24)28-19)14-4-2-12(3-5-14)20(33)26-15(21(34)35)6-7-16(31)32/h2-5,10,15H,6-9H2,1H3,(H,26,33)(H,31,32)(H,34,35)(H5,23,24,25,27,28)/t15-/m0/s1. The summed E-state index contributed by atoms with van der Waals surface area (Å²) >= 11 is 0. The number of hydrogen-bond donors (Lipinski definition) is 6. The number of amides is 2. The maximum Gasteiger partial charge on any atom is 0.326 e. The molecule has 0 spiro atoms. The van der Waals surface area contributed by atoms with Crippen LogP contribution >= 0.6 is 0 Å². The first-order valence-electron chi connectivity index (χ1n) is 10.6. The van der Waals surface area contributed by atoms with Crippen LogP contribution in [0.15, 0.2) is 30.5 Å². The highest BCUT2D eigenvalue weighted by Crippen LogP contribution is 2.24. The van der Waals surface area contributed by atoms with E-state index in [0.717, 1.165) is 5.56 Å². The zero-order chi connectivity index (χ0) is 25.7. The van der Waals surface area contributed by atoms with Crippen LogP contribution in [0.4, 0.5) is 17.5 Å². The Morgan fingerprint density at radius 2 is 1.80 bits per heavy atom. The minimum absolute atomic E-state index is 0.0504. The Kier molecular flexibility index (Phi) is 7.49. The van der Waals surface area contributed by atoms with Gasteiger partial charge < -0.3 is 36.9 Å². The minimum atomic E-state index is -1.34. The van der Waals surface area contributed by atoms with Gasteiger partial charge in [-0.15, -0.1) is 0 Å². The number of benzene rings is 1. The topological polar surface area (TPSA) is 218 Å². The van der Waals surface area contributed by atoms with E-state index in [0.29, 0.717) is 29.7 Å². The lowest BCUT2D eigenvalue weighted by Crippen LogP contribution is -2.41. The fourth-order valence-electron chi connectivity index (χ4n) is 3.60. The predicted molar refractivity (Wildman–Crippen MR) is 127 cm³/mol. The molecule has 3 aromatic rings. The highest BCUT2D eigenvalue weighted by molar-refractivity contribution is 5.98. The van der Waals surface area contributed by atoms with Crippen LogP contribution in [0.1, 0.15) is 35.7 Å². The van der Waals surface area contributed by atoms with Gasteiger partial charge in [-0.3, -0.25) is 14.4 Å². The Bertz CT molecular complexity index is 1270. The number of aromatic amines is 1. The number of carbonyl (C=O) groups excluding carboxylic acids is 2. The number of nitrogen functional groups attached to an aromatic ring is 2. The van der Waals surface area contributed by atoms with Crippen LogP contribution < -0.4 is 21.7 Å². The summed E-state index contributed by atoms with van der Waals surface area (Å²) in [5.74, 6) is -3.10. The number of rotatable bonds is 10. The van der Waals surface area contributed by atoms with E-state index in [1.54, 1.807) is 18.3 Å². The molecule has 1 atom stereocenters. The summed E-state index contributed by atoms with van der Waals surface area (Å²) in [4.78, 5) is 59.3. The minimum Gasteiger partial charge on any atom is -0.481 e. The number of nitrogens with one attached hydrogen (secondary N) is 2. The molecule has 0 saturated heterocycles. The van der Waals surface area contributed by atoms with Crippen molar-refractivity contribution in [1.82, 2.24) is 20.3 Å². The van der Waals surface area contributed by atoms with Crippen molar-refractivity contribution in [3.8, 4) is 0 Å². The van der Waals surface area contributed by atoms with Crippen molar-refractivity contribution >= 4 is 52.2 Å². The summed E-state index contributed by atoms with van der Waals surface area (Å²) < 4.78 is 0. The van der Waals surface area contributed by atoms with Crippen LogP contribution in [-0.2, 0) is 20.8 Å². The van der Waals surface area contributed by atoms with Gasteiger partial charge in [0.2, 0.25) is 11.9 Å². The normalized spacial score (nSPS) is 11.7. The number of anilines is 3. The Labute approximate surface area is 199 Å². The van der Waals surface area contributed by atoms with Gasteiger partial charge in [-0.25, -0.2) is 4.79 Å². The molecule has 0 aliphatic carbocycles. The van der Waals surface area contributed by atoms with Crippen molar-refractivity contribution in [3.05, 3.63) is 41.6 Å². The largest absolute Gasteiger partial charge is 0.481 e. The van der Waals surface area contributed by atoms with Crippen LogP contribution in [0.25, 0.3) is 11.0 Å². The Morgan fingerprint density at radius 1 is 1.11 bits per heavy atom. The zero-order valence-corrected chi connectivity index (χ0v) is 18.8. The third kappa shape index (κ3) is 6.01. The lowest BCUT2D eigenvalue weighted by atomic mass is 10.1. The third-order valence-electron chi connectivity index (χ3n) is 5.33. The molecular formula is C22H25N7O6. The highest BCUT2D eigenvalue weighted by Gasteiger charge is 2.22. The molecule has 8 N–H and O–H groups in total. The van der Waals surface area contributed by atoms with E-state index < -0.39 is 30.3 Å². The number of hydrogen-bond acceptors (Lipinski definition) is 8. The van der Waals surface area contributed by atoms with Crippen LogP contribution in [0.2, 0.25) is 0 Å². The number of nitrogens with zero attached hydrogens (tertiary/aromatic N) is 3. The van der Waals surface area contributed by atoms with Gasteiger partial charge in [-0.05, 0) is 42.7 Å². The molecule has 1 aromatic carbocycles. The summed E-state index contributed by atoms with van der Waals surface area (Å²) in [5, 5.41) is 20.9. The second kappa shape index (κ2) is 10.5. The van der Waals surface area contributed by atoms with E-state index in [1.807, 2.05) is 0 Å². The second-order valence-corrected chi connectivity index (χ2v) is 7.77. The quantitative estimate of drug-likeness (QED) is 0.238. The van der Waals surface area contributed by atoms with Gasteiger partial charge in [0.25, 0.3) is 5.91 Å². The number of aromatic nitrogens is 3. The molecule has 13 nitrogen and oxygen atoms in total. The fourth-order valence-corrected chi connectivity index (χ4v) is 3.60. The molecule has 35 heavy (non-hydrogen) atoms. The summed E-state index contributed by atoms with van der Waals surface area (Å²) in [6, 6.07) is 4.71. The van der Waals surface area contributed by atoms with Crippen LogP contribution in [0.5, 0.6) is 0 Å². The molecule has 2 amide bonds. The van der Waals surface area contributed by atoms with E-state index in [1.165, 1.54) is 24.0 Å². The van der Waals surface area contributed by atoms with E-state index in [2.05, 4.69) is 20.3 Å². The van der Waals surface area contributed by atoms with Gasteiger partial charge in [0.1, 0.15) is 17.5 Å². The molecule has 2 heterocycles. The van der Waals surface area contributed by atoms with Gasteiger partial charge in [0, 0.05) is 37.3 Å². The number of carboxylic acid groups (broad SMARTS) is 2. The first kappa shape index (κ1) is 25.0. The molecule has 0 radical (unpaired) electrons. The number of nitrogens with two attached hydrogens (primary N) is 2. The SMILES string of the molecule is CC(=O)N(CCc1c[nH]c2nc(N)nc(N)c12)c1ccc(C(=O)N[C@@H](CCC(=O)O)C(=O)O)cc1. The van der Waals surface area contributed by atoms with Gasteiger partial charge in [0.05, 0.1) is 5.39 Å². The Balaban J connectivity index is 1.71. The lowest BCUT2D eigenvalue weighted by Gasteiger charge is -2.21. The molecule has 184 valence electrons. The summed E-state index contributed by atoms with van der Waals surface area (Å²) in [5.41, 5.74) is 13.6. The van der Waals surface area contributed by atoms with E-state index in [9.17, 15) is 24.3 Å². The average Bonchev–Trinajstić information content (AvgIpc) is 3.19. The van der Waals surface area contributed by atoms with E-state index in [-0.39, 0.29) is 29.7 Å². The average molecular weight is 483 g/mol. The van der Waals surface area contributed by atoms with E-state index in [4.69, 9.17) is 16.6 Å². The van der Waals surface area contributed by atoms with Crippen molar-refractivity contribution in [2.24, 2.45) is 0 Å². The first-order valence-corrected chi connectivity index (χ1v) is 10.6. The van der Waals surface area contributed by atoms with Gasteiger partial charge in [-0.1, -0.05) is 0 Å². The van der Waals surface area contributed by atoms with Crippen LogP contribution in [0.3, 0.4) is 0 Å². The number of carbonyl (C=O) groups is 4. The predicted octanol–water partition coefficient (Wildman–Crippen LogP) is 0.766. The molecule has 0 fully saturated rings. The van der Waals surface area contributed by atoms with Crippen molar-refractivity contribution in [3.63, 3.8) is 0 Å². The Hall–Kier alpha value is -4.68. The highest BCUT2D eigenvalue weighted by atomic mass is 16.4. The third-order valence-corrected chi connectivity index (χ3v) is 5.33. The van der Waals surface area contributed by atoms with Crippen LogP contribution in [0, 0.1) is 0 Å². The summed E-state index contributed by atoms with van der Waals surface area (Å²) in [6.07, 6.45) is 1.52. The molecule has 0 bridgehead atoms. The lowest BCUT2D eigenvalue weighted by molar-refractivity contribution is -0.140. The van der Waals surface area contributed by atoms with Crippen molar-refractivity contribution in [1.29, 1.82) is 0 Å². The molecule has 2 aromatic heterocycles. The number of fused-ring (bicyclic) bond motifs is 1. The van der Waals surface area contributed by atoms with Crippen molar-refractivity contribution in [2.75, 3.05) is 22.9 Å². The van der Waals surface area contributed by atoms with Gasteiger partial charge >= 0.3 is 11.9 Å². The van der Waals surface area contributed by atoms with Crippen molar-refractivity contribution < 1.29 is 29.4 Å². The molecule has 0 saturated carbocycles. The number of carboxylic acids is 2. The monoisotopic (exact) mass is 483 g/mol. The number of H-pyrrole nitrogens is 1. The van der Waals surface area contributed by atoms with Gasteiger partial charge in [-0.2, -0.15) is 9.97 Å². The molecule has 13 heteroatoms. The zero-order valence-electron chi connectivity index (χ0n) is 18.8. The van der Waals surface area contributed by atoms with Crippen molar-refractivity contribution in [2.45, 2.75) is 32.2 Å². The van der Waals surface area contributed by atoms with E-state index >= 15 is 0 Å². The second-order valence-electron chi connectivity index (χ2n) is 7.77.